The number of aliphatic hydroxyl groups excluding tert-OH is 1. The zero-order valence-corrected chi connectivity index (χ0v) is 11.3. The maximum Gasteiger partial charge on any atom is 0.151 e. The maximum absolute atomic E-state index is 9.84. The van der Waals surface area contributed by atoms with E-state index in [1.54, 1.807) is 12.1 Å². The van der Waals surface area contributed by atoms with Crippen molar-refractivity contribution in [3.05, 3.63) is 17.3 Å². The van der Waals surface area contributed by atoms with Crippen molar-refractivity contribution in [1.82, 2.24) is 4.98 Å². The van der Waals surface area contributed by atoms with Crippen LogP contribution in [0.4, 0.5) is 11.5 Å². The van der Waals surface area contributed by atoms with Gasteiger partial charge in [-0.1, -0.05) is 32.4 Å². The molecule has 96 valence electrons. The van der Waals surface area contributed by atoms with Gasteiger partial charge in [0.05, 0.1) is 11.8 Å². The van der Waals surface area contributed by atoms with Gasteiger partial charge in [-0.2, -0.15) is 0 Å². The summed E-state index contributed by atoms with van der Waals surface area (Å²) in [6.45, 7) is 6.67. The number of hydrogen-bond donors (Lipinski definition) is 3. The van der Waals surface area contributed by atoms with E-state index < -0.39 is 6.10 Å². The summed E-state index contributed by atoms with van der Waals surface area (Å²) in [5, 5.41) is 13.2. The number of nitrogens with two attached hydrogens (primary N) is 1. The lowest BCUT2D eigenvalue weighted by molar-refractivity contribution is 0.132. The van der Waals surface area contributed by atoms with Crippen LogP contribution >= 0.6 is 11.6 Å². The quantitative estimate of drug-likeness (QED) is 0.725. The summed E-state index contributed by atoms with van der Waals surface area (Å²) in [6.07, 6.45) is 0.274. The van der Waals surface area contributed by atoms with Gasteiger partial charge in [0.2, 0.25) is 0 Å². The Bertz CT molecular complexity index is 377. The fourth-order valence-corrected chi connectivity index (χ4v) is 1.73. The fraction of sp³-hybridized carbons (Fsp3) is 0.583. The monoisotopic (exact) mass is 257 g/mol. The first kappa shape index (κ1) is 14.1. The summed E-state index contributed by atoms with van der Waals surface area (Å²) in [5.74, 6) is 0.519. The van der Waals surface area contributed by atoms with E-state index in [0.29, 0.717) is 29.6 Å². The van der Waals surface area contributed by atoms with Crippen molar-refractivity contribution in [3.8, 4) is 0 Å². The Morgan fingerprint density at radius 2 is 2.12 bits per heavy atom. The van der Waals surface area contributed by atoms with Crippen LogP contribution in [0.15, 0.2) is 12.1 Å². The molecule has 1 unspecified atom stereocenters. The predicted octanol–water partition coefficient (Wildman–Crippen LogP) is 2.53. The predicted molar refractivity (Wildman–Crippen MR) is 72.2 cm³/mol. The Balaban J connectivity index is 2.53. The molecule has 0 spiro atoms. The molecule has 1 atom stereocenters. The number of rotatable bonds is 4. The molecule has 1 aromatic heterocycles. The van der Waals surface area contributed by atoms with E-state index in [1.165, 1.54) is 0 Å². The molecule has 1 heterocycles. The molecule has 17 heavy (non-hydrogen) atoms. The smallest absolute Gasteiger partial charge is 0.151 e. The minimum absolute atomic E-state index is 0.0917. The molecule has 0 bridgehead atoms. The molecule has 4 N–H and O–H groups in total. The van der Waals surface area contributed by atoms with Gasteiger partial charge in [0.15, 0.2) is 5.82 Å². The number of nitrogens with zero attached hydrogens (tertiary/aromatic N) is 1. The normalized spacial score (nSPS) is 13.5. The van der Waals surface area contributed by atoms with Crippen LogP contribution in [0.5, 0.6) is 0 Å². The van der Waals surface area contributed by atoms with E-state index >= 15 is 0 Å². The van der Waals surface area contributed by atoms with Gasteiger partial charge in [-0.15, -0.1) is 0 Å². The molecule has 0 aromatic carbocycles. The van der Waals surface area contributed by atoms with Gasteiger partial charge in [0, 0.05) is 6.54 Å². The van der Waals surface area contributed by atoms with E-state index in [0.717, 1.165) is 0 Å². The Morgan fingerprint density at radius 3 is 2.71 bits per heavy atom. The first-order chi connectivity index (χ1) is 7.78. The SMILES string of the molecule is CC(C)(C)CC(O)CNc1nc(Cl)ccc1N. The van der Waals surface area contributed by atoms with Crippen LogP contribution in [0.1, 0.15) is 27.2 Å². The fourth-order valence-electron chi connectivity index (χ4n) is 1.58. The van der Waals surface area contributed by atoms with Crippen LogP contribution in [0.3, 0.4) is 0 Å². The number of hydrogen-bond acceptors (Lipinski definition) is 4. The zero-order chi connectivity index (χ0) is 13.1. The van der Waals surface area contributed by atoms with Crippen molar-refractivity contribution < 1.29 is 5.11 Å². The summed E-state index contributed by atoms with van der Waals surface area (Å²) in [6, 6.07) is 3.32. The zero-order valence-electron chi connectivity index (χ0n) is 10.5. The van der Waals surface area contributed by atoms with Gasteiger partial charge >= 0.3 is 0 Å². The third-order valence-corrected chi connectivity index (χ3v) is 2.46. The van der Waals surface area contributed by atoms with Crippen molar-refractivity contribution in [2.24, 2.45) is 5.41 Å². The number of aromatic nitrogens is 1. The highest BCUT2D eigenvalue weighted by Crippen LogP contribution is 2.22. The third kappa shape index (κ3) is 5.24. The second kappa shape index (κ2) is 5.56. The number of nitrogens with one attached hydrogen (secondary N) is 1. The van der Waals surface area contributed by atoms with Crippen LogP contribution < -0.4 is 11.1 Å². The number of halogens is 1. The first-order valence-corrected chi connectivity index (χ1v) is 6.00. The Hall–Kier alpha value is -1.00. The van der Waals surface area contributed by atoms with Crippen molar-refractivity contribution in [1.29, 1.82) is 0 Å². The summed E-state index contributed by atoms with van der Waals surface area (Å²) in [5.41, 5.74) is 6.35. The molecule has 0 amide bonds. The van der Waals surface area contributed by atoms with Crippen molar-refractivity contribution in [3.63, 3.8) is 0 Å². The molecule has 0 aliphatic rings. The first-order valence-electron chi connectivity index (χ1n) is 5.62. The van der Waals surface area contributed by atoms with Gasteiger partial charge in [0.1, 0.15) is 5.15 Å². The standard InChI is InChI=1S/C12H20ClN3O/c1-12(2,3)6-8(17)7-15-11-9(14)4-5-10(13)16-11/h4-5,8,17H,6-7,14H2,1-3H3,(H,15,16). The Morgan fingerprint density at radius 1 is 1.47 bits per heavy atom. The lowest BCUT2D eigenvalue weighted by atomic mass is 9.89. The van der Waals surface area contributed by atoms with Crippen LogP contribution in [-0.2, 0) is 0 Å². The number of anilines is 2. The second-order valence-corrected chi connectivity index (χ2v) is 5.76. The van der Waals surface area contributed by atoms with E-state index in [4.69, 9.17) is 17.3 Å². The average Bonchev–Trinajstić information content (AvgIpc) is 2.17. The molecule has 1 rings (SSSR count). The molecular weight excluding hydrogens is 238 g/mol. The second-order valence-electron chi connectivity index (χ2n) is 5.37. The minimum Gasteiger partial charge on any atom is -0.396 e. The Labute approximate surface area is 107 Å². The highest BCUT2D eigenvalue weighted by Gasteiger charge is 2.16. The van der Waals surface area contributed by atoms with Gasteiger partial charge in [-0.05, 0) is 24.0 Å². The number of aliphatic hydroxyl groups is 1. The highest BCUT2D eigenvalue weighted by atomic mass is 35.5. The maximum atomic E-state index is 9.84. The third-order valence-electron chi connectivity index (χ3n) is 2.25. The molecular formula is C12H20ClN3O. The molecule has 5 heteroatoms. The Kier molecular flexibility index (Phi) is 4.60. The van der Waals surface area contributed by atoms with E-state index in [9.17, 15) is 5.11 Å². The molecule has 1 aromatic rings. The van der Waals surface area contributed by atoms with Crippen LogP contribution in [-0.4, -0.2) is 22.7 Å². The van der Waals surface area contributed by atoms with Crippen LogP contribution in [0.25, 0.3) is 0 Å². The van der Waals surface area contributed by atoms with Crippen LogP contribution in [0.2, 0.25) is 5.15 Å². The topological polar surface area (TPSA) is 71.2 Å². The average molecular weight is 258 g/mol. The van der Waals surface area contributed by atoms with Gasteiger partial charge in [0.25, 0.3) is 0 Å². The number of pyridine rings is 1. The summed E-state index contributed by atoms with van der Waals surface area (Å²) < 4.78 is 0. The van der Waals surface area contributed by atoms with Crippen LogP contribution in [0, 0.1) is 5.41 Å². The van der Waals surface area contributed by atoms with Gasteiger partial charge in [-0.25, -0.2) is 4.98 Å². The lowest BCUT2D eigenvalue weighted by Crippen LogP contribution is -2.25. The summed E-state index contributed by atoms with van der Waals surface area (Å²) in [4.78, 5) is 4.06. The van der Waals surface area contributed by atoms with E-state index in [1.807, 2.05) is 0 Å². The molecule has 0 aliphatic heterocycles. The van der Waals surface area contributed by atoms with Gasteiger partial charge < -0.3 is 16.2 Å². The highest BCUT2D eigenvalue weighted by molar-refractivity contribution is 6.29. The molecule has 0 radical (unpaired) electrons. The molecule has 0 saturated heterocycles. The summed E-state index contributed by atoms with van der Waals surface area (Å²) in [7, 11) is 0. The van der Waals surface area contributed by atoms with Crippen molar-refractivity contribution in [2.75, 3.05) is 17.6 Å². The summed E-state index contributed by atoms with van der Waals surface area (Å²) >= 11 is 5.77. The minimum atomic E-state index is -0.435. The number of nitrogen functional groups attached to an aromatic ring is 1. The van der Waals surface area contributed by atoms with Crippen molar-refractivity contribution >= 4 is 23.1 Å². The van der Waals surface area contributed by atoms with Crippen molar-refractivity contribution in [2.45, 2.75) is 33.3 Å². The molecule has 0 aliphatic carbocycles. The largest absolute Gasteiger partial charge is 0.396 e. The van der Waals surface area contributed by atoms with Gasteiger partial charge in [-0.3, -0.25) is 0 Å². The van der Waals surface area contributed by atoms with E-state index in [2.05, 4.69) is 31.1 Å². The van der Waals surface area contributed by atoms with E-state index in [-0.39, 0.29) is 5.41 Å². The molecule has 0 saturated carbocycles. The molecule has 4 nitrogen and oxygen atoms in total. The lowest BCUT2D eigenvalue weighted by Gasteiger charge is -2.22. The molecule has 0 fully saturated rings.